The molecule has 0 aliphatic carbocycles. The van der Waals surface area contributed by atoms with Crippen LogP contribution in [0, 0.1) is 0 Å². The molecule has 0 atom stereocenters. The molecule has 0 saturated heterocycles. The van der Waals surface area contributed by atoms with Crippen LogP contribution in [0.5, 0.6) is 17.4 Å². The third-order valence-corrected chi connectivity index (χ3v) is 2.66. The van der Waals surface area contributed by atoms with Crippen molar-refractivity contribution < 1.29 is 9.47 Å². The molecule has 1 heterocycles. The van der Waals surface area contributed by atoms with Gasteiger partial charge in [0.2, 0.25) is 5.88 Å². The van der Waals surface area contributed by atoms with E-state index >= 15 is 0 Å². The number of hydrogen-bond donors (Lipinski definition) is 1. The summed E-state index contributed by atoms with van der Waals surface area (Å²) in [5, 5.41) is 3.25. The van der Waals surface area contributed by atoms with E-state index < -0.39 is 0 Å². The van der Waals surface area contributed by atoms with Crippen molar-refractivity contribution in [3.8, 4) is 17.4 Å². The van der Waals surface area contributed by atoms with Crippen molar-refractivity contribution in [1.82, 2.24) is 10.3 Å². The van der Waals surface area contributed by atoms with Gasteiger partial charge in [-0.3, -0.25) is 0 Å². The number of ether oxygens (including phenoxy) is 2. The lowest BCUT2D eigenvalue weighted by molar-refractivity contribution is 0.374. The number of nitrogens with zero attached hydrogens (tertiary/aromatic N) is 1. The predicted octanol–water partition coefficient (Wildman–Crippen LogP) is 2.99. The maximum Gasteiger partial charge on any atom is 0.219 e. The fourth-order valence-electron chi connectivity index (χ4n) is 1.66. The van der Waals surface area contributed by atoms with Gasteiger partial charge in [-0.2, -0.15) is 0 Å². The standard InChI is InChI=1S/C15H18N2O2/c1-3-16-10-12-8-9-15(17-11-12)19-14-7-5-4-6-13(14)18-2/h4-9,11,16H,3,10H2,1-2H3. The van der Waals surface area contributed by atoms with E-state index in [2.05, 4.69) is 17.2 Å². The quantitative estimate of drug-likeness (QED) is 0.865. The van der Waals surface area contributed by atoms with E-state index in [0.29, 0.717) is 17.4 Å². The van der Waals surface area contributed by atoms with Crippen LogP contribution in [0.4, 0.5) is 0 Å². The zero-order chi connectivity index (χ0) is 13.5. The lowest BCUT2D eigenvalue weighted by Crippen LogP contribution is -2.11. The molecular weight excluding hydrogens is 240 g/mol. The molecule has 0 unspecified atom stereocenters. The third kappa shape index (κ3) is 3.69. The molecule has 100 valence electrons. The molecule has 4 nitrogen and oxygen atoms in total. The number of rotatable bonds is 6. The predicted molar refractivity (Wildman–Crippen MR) is 74.7 cm³/mol. The zero-order valence-electron chi connectivity index (χ0n) is 11.2. The number of pyridine rings is 1. The highest BCUT2D eigenvalue weighted by molar-refractivity contribution is 5.41. The van der Waals surface area contributed by atoms with Gasteiger partial charge in [-0.15, -0.1) is 0 Å². The van der Waals surface area contributed by atoms with Gasteiger partial charge < -0.3 is 14.8 Å². The van der Waals surface area contributed by atoms with Crippen LogP contribution in [0.2, 0.25) is 0 Å². The molecule has 2 aromatic rings. The molecular formula is C15H18N2O2. The molecule has 19 heavy (non-hydrogen) atoms. The minimum absolute atomic E-state index is 0.560. The van der Waals surface area contributed by atoms with Gasteiger partial charge in [-0.1, -0.05) is 25.1 Å². The van der Waals surface area contributed by atoms with E-state index in [1.165, 1.54) is 0 Å². The molecule has 0 aliphatic heterocycles. The van der Waals surface area contributed by atoms with E-state index in [4.69, 9.17) is 9.47 Å². The van der Waals surface area contributed by atoms with E-state index in [1.54, 1.807) is 7.11 Å². The van der Waals surface area contributed by atoms with Gasteiger partial charge in [-0.25, -0.2) is 4.98 Å². The van der Waals surface area contributed by atoms with Crippen LogP contribution >= 0.6 is 0 Å². The zero-order valence-corrected chi connectivity index (χ0v) is 11.2. The van der Waals surface area contributed by atoms with Crippen molar-refractivity contribution in [2.75, 3.05) is 13.7 Å². The summed E-state index contributed by atoms with van der Waals surface area (Å²) in [6.45, 7) is 3.84. The lowest BCUT2D eigenvalue weighted by Gasteiger charge is -2.09. The third-order valence-electron chi connectivity index (χ3n) is 2.66. The van der Waals surface area contributed by atoms with Crippen molar-refractivity contribution in [1.29, 1.82) is 0 Å². The Bertz CT molecular complexity index is 512. The highest BCUT2D eigenvalue weighted by Crippen LogP contribution is 2.29. The number of methoxy groups -OCH3 is 1. The van der Waals surface area contributed by atoms with E-state index in [9.17, 15) is 0 Å². The monoisotopic (exact) mass is 258 g/mol. The first-order chi connectivity index (χ1) is 9.33. The average Bonchev–Trinajstić information content (AvgIpc) is 2.47. The summed E-state index contributed by atoms with van der Waals surface area (Å²) in [7, 11) is 1.62. The first kappa shape index (κ1) is 13.4. The van der Waals surface area contributed by atoms with Crippen LogP contribution in [0.3, 0.4) is 0 Å². The van der Waals surface area contributed by atoms with Crippen LogP contribution in [0.15, 0.2) is 42.6 Å². The van der Waals surface area contributed by atoms with Gasteiger partial charge in [0.1, 0.15) is 0 Å². The second kappa shape index (κ2) is 6.75. The summed E-state index contributed by atoms with van der Waals surface area (Å²) in [6.07, 6.45) is 1.81. The molecule has 0 amide bonds. The van der Waals surface area contributed by atoms with Crippen molar-refractivity contribution in [2.45, 2.75) is 13.5 Å². The summed E-state index contributed by atoms with van der Waals surface area (Å²) in [5.74, 6) is 1.92. The maximum atomic E-state index is 5.70. The smallest absolute Gasteiger partial charge is 0.219 e. The molecule has 0 radical (unpaired) electrons. The summed E-state index contributed by atoms with van der Waals surface area (Å²) < 4.78 is 10.9. The highest BCUT2D eigenvalue weighted by Gasteiger charge is 2.05. The Kier molecular flexibility index (Phi) is 4.75. The van der Waals surface area contributed by atoms with Gasteiger partial charge in [0.05, 0.1) is 7.11 Å². The largest absolute Gasteiger partial charge is 0.493 e. The first-order valence-electron chi connectivity index (χ1n) is 6.30. The number of benzene rings is 1. The van der Waals surface area contributed by atoms with Crippen molar-refractivity contribution >= 4 is 0 Å². The van der Waals surface area contributed by atoms with Crippen LogP contribution in [-0.4, -0.2) is 18.6 Å². The number of aromatic nitrogens is 1. The lowest BCUT2D eigenvalue weighted by atomic mass is 10.3. The second-order valence-electron chi connectivity index (χ2n) is 4.04. The molecule has 2 rings (SSSR count). The Morgan fingerprint density at radius 1 is 1.11 bits per heavy atom. The average molecular weight is 258 g/mol. The van der Waals surface area contributed by atoms with Gasteiger partial charge in [-0.05, 0) is 24.2 Å². The normalized spacial score (nSPS) is 10.2. The van der Waals surface area contributed by atoms with Gasteiger partial charge in [0, 0.05) is 18.8 Å². The van der Waals surface area contributed by atoms with E-state index in [-0.39, 0.29) is 0 Å². The van der Waals surface area contributed by atoms with Gasteiger partial charge in [0.25, 0.3) is 0 Å². The fraction of sp³-hybridized carbons (Fsp3) is 0.267. The van der Waals surface area contributed by atoms with Gasteiger partial charge >= 0.3 is 0 Å². The summed E-state index contributed by atoms with van der Waals surface area (Å²) in [4.78, 5) is 4.28. The Labute approximate surface area is 113 Å². The topological polar surface area (TPSA) is 43.4 Å². The van der Waals surface area contributed by atoms with Crippen LogP contribution in [0.25, 0.3) is 0 Å². The maximum absolute atomic E-state index is 5.70. The number of hydrogen-bond acceptors (Lipinski definition) is 4. The molecule has 1 aromatic carbocycles. The molecule has 0 aliphatic rings. The Morgan fingerprint density at radius 3 is 2.53 bits per heavy atom. The first-order valence-corrected chi connectivity index (χ1v) is 6.30. The summed E-state index contributed by atoms with van der Waals surface area (Å²) >= 11 is 0. The Hall–Kier alpha value is -2.07. The van der Waals surface area contributed by atoms with Crippen LogP contribution in [0.1, 0.15) is 12.5 Å². The van der Waals surface area contributed by atoms with Gasteiger partial charge in [0.15, 0.2) is 11.5 Å². The second-order valence-corrected chi connectivity index (χ2v) is 4.04. The van der Waals surface area contributed by atoms with Crippen molar-refractivity contribution in [3.63, 3.8) is 0 Å². The molecule has 1 N–H and O–H groups in total. The number of nitrogens with one attached hydrogen (secondary N) is 1. The Morgan fingerprint density at radius 2 is 1.89 bits per heavy atom. The van der Waals surface area contributed by atoms with Crippen molar-refractivity contribution in [2.24, 2.45) is 0 Å². The summed E-state index contributed by atoms with van der Waals surface area (Å²) in [5.41, 5.74) is 1.13. The SMILES string of the molecule is CCNCc1ccc(Oc2ccccc2OC)nc1. The van der Waals surface area contributed by atoms with Crippen molar-refractivity contribution in [3.05, 3.63) is 48.2 Å². The fourth-order valence-corrected chi connectivity index (χ4v) is 1.66. The molecule has 0 fully saturated rings. The number of para-hydroxylation sites is 2. The van der Waals surface area contributed by atoms with Crippen LogP contribution < -0.4 is 14.8 Å². The highest BCUT2D eigenvalue weighted by atomic mass is 16.5. The molecule has 4 heteroatoms. The van der Waals surface area contributed by atoms with E-state index in [0.717, 1.165) is 18.7 Å². The summed E-state index contributed by atoms with van der Waals surface area (Å²) in [6, 6.07) is 11.4. The van der Waals surface area contributed by atoms with E-state index in [1.807, 2.05) is 42.6 Å². The molecule has 0 saturated carbocycles. The molecule has 0 bridgehead atoms. The Balaban J connectivity index is 2.06. The minimum atomic E-state index is 0.560. The minimum Gasteiger partial charge on any atom is -0.493 e. The molecule has 1 aromatic heterocycles. The molecule has 0 spiro atoms. The van der Waals surface area contributed by atoms with Crippen LogP contribution in [-0.2, 0) is 6.54 Å².